The Morgan fingerprint density at radius 3 is 2.06 bits per heavy atom. The maximum Gasteiger partial charge on any atom is 0.342 e. The number of epoxide rings is 1. The Balaban J connectivity index is 2.04. The molecule has 266 valence electrons. The zero-order chi connectivity index (χ0) is 35.8. The van der Waals surface area contributed by atoms with Crippen molar-refractivity contribution in [2.24, 2.45) is 17.3 Å². The lowest BCUT2D eigenvalue weighted by atomic mass is 9.52. The molecule has 2 aliphatic heterocycles. The van der Waals surface area contributed by atoms with E-state index in [0.29, 0.717) is 18.4 Å². The quantitative estimate of drug-likeness (QED) is 0.142. The lowest BCUT2D eigenvalue weighted by molar-refractivity contribution is -0.248. The van der Waals surface area contributed by atoms with Crippen molar-refractivity contribution in [1.29, 1.82) is 0 Å². The number of hydrogen-bond donors (Lipinski definition) is 0. The van der Waals surface area contributed by atoms with Crippen LogP contribution in [0.2, 0.25) is 0 Å². The molecule has 4 rings (SSSR count). The molecule has 0 aromatic rings. The molecule has 2 aliphatic carbocycles. The van der Waals surface area contributed by atoms with Crippen molar-refractivity contribution in [3.05, 3.63) is 24.3 Å². The normalized spacial score (nSPS) is 39.4. The molecular weight excluding hydrogens is 628 g/mol. The summed E-state index contributed by atoms with van der Waals surface area (Å²) in [7, 11) is 0. The van der Waals surface area contributed by atoms with Gasteiger partial charge in [-0.3, -0.25) is 24.0 Å². The maximum absolute atomic E-state index is 13.4. The number of fused-ring (bicyclic) bond motifs is 1. The highest BCUT2D eigenvalue weighted by Crippen LogP contribution is 2.66. The van der Waals surface area contributed by atoms with Gasteiger partial charge >= 0.3 is 35.8 Å². The first-order valence-electron chi connectivity index (χ1n) is 16.6. The van der Waals surface area contributed by atoms with Crippen molar-refractivity contribution in [3.63, 3.8) is 0 Å². The van der Waals surface area contributed by atoms with Crippen molar-refractivity contribution in [1.82, 2.24) is 0 Å². The number of carbonyl (C=O) groups excluding carboxylic acids is 6. The molecular formula is C35H48O13. The van der Waals surface area contributed by atoms with Crippen molar-refractivity contribution in [2.45, 2.75) is 142 Å². The van der Waals surface area contributed by atoms with Gasteiger partial charge in [-0.1, -0.05) is 32.4 Å². The molecule has 13 heteroatoms. The second kappa shape index (κ2) is 14.0. The second-order valence-electron chi connectivity index (χ2n) is 13.8. The molecule has 48 heavy (non-hydrogen) atoms. The standard InChI is InChI=1S/C35H48O13/c1-10-12-14-28(40)45-23-17-25(42-20(5)36)33(8)29(19(23)4)31(44-22(7)38)35-26(47-32(41)34(35,9)48-35)16-18(3)15-24(30(33)43-21(6)37)46-27(39)13-11-2/h10,16,19,23-26,29-31H,1,11-15,17H2,2-9H3/b18-16-/t19-,23-,24-,25-,26-,29+,30-,31-,33-,34-,35-/m0/s1. The average molecular weight is 677 g/mol. The monoisotopic (exact) mass is 676 g/mol. The third kappa shape index (κ3) is 6.62. The molecule has 13 nitrogen and oxygen atoms in total. The minimum Gasteiger partial charge on any atom is -0.462 e. The minimum absolute atomic E-state index is 0.0213. The molecule has 0 unspecified atom stereocenters. The molecule has 0 amide bonds. The number of ether oxygens (including phenoxy) is 7. The van der Waals surface area contributed by atoms with E-state index in [1.807, 2.05) is 6.92 Å². The van der Waals surface area contributed by atoms with Gasteiger partial charge in [0.15, 0.2) is 17.3 Å². The van der Waals surface area contributed by atoms with Crippen LogP contribution in [0.25, 0.3) is 0 Å². The Labute approximate surface area is 281 Å². The molecule has 4 aliphatic rings. The molecule has 1 spiro atoms. The Bertz CT molecular complexity index is 1370. The summed E-state index contributed by atoms with van der Waals surface area (Å²) >= 11 is 0. The highest BCUT2D eigenvalue weighted by molar-refractivity contribution is 5.89. The molecule has 11 atom stereocenters. The topological polar surface area (TPSA) is 170 Å². The zero-order valence-electron chi connectivity index (χ0n) is 29.0. The fourth-order valence-electron chi connectivity index (χ4n) is 8.13. The Hall–Kier alpha value is -3.74. The first kappa shape index (κ1) is 37.1. The van der Waals surface area contributed by atoms with Crippen LogP contribution in [0, 0.1) is 17.3 Å². The van der Waals surface area contributed by atoms with Gasteiger partial charge in [0, 0.05) is 58.3 Å². The summed E-state index contributed by atoms with van der Waals surface area (Å²) in [6, 6.07) is 0. The van der Waals surface area contributed by atoms with Crippen molar-refractivity contribution < 1.29 is 61.9 Å². The van der Waals surface area contributed by atoms with E-state index >= 15 is 0 Å². The first-order chi connectivity index (χ1) is 22.5. The van der Waals surface area contributed by atoms with E-state index in [1.165, 1.54) is 20.8 Å². The van der Waals surface area contributed by atoms with Gasteiger partial charge in [0.2, 0.25) is 0 Å². The smallest absolute Gasteiger partial charge is 0.342 e. The van der Waals surface area contributed by atoms with Crippen molar-refractivity contribution in [2.75, 3.05) is 0 Å². The van der Waals surface area contributed by atoms with Gasteiger partial charge in [-0.25, -0.2) is 4.79 Å². The molecule has 0 aromatic carbocycles. The van der Waals surface area contributed by atoms with E-state index in [-0.39, 0.29) is 25.7 Å². The van der Waals surface area contributed by atoms with Crippen LogP contribution in [0.4, 0.5) is 0 Å². The summed E-state index contributed by atoms with van der Waals surface area (Å²) in [5.41, 5.74) is -3.95. The summed E-state index contributed by atoms with van der Waals surface area (Å²) in [4.78, 5) is 78.1. The van der Waals surface area contributed by atoms with Gasteiger partial charge in [-0.2, -0.15) is 0 Å². The first-order valence-corrected chi connectivity index (χ1v) is 16.6. The molecule has 2 saturated heterocycles. The van der Waals surface area contributed by atoms with Crippen molar-refractivity contribution >= 4 is 35.8 Å². The Morgan fingerprint density at radius 2 is 1.50 bits per heavy atom. The molecule has 3 fully saturated rings. The molecule has 0 aromatic heterocycles. The summed E-state index contributed by atoms with van der Waals surface area (Å²) in [5.74, 6) is -5.49. The summed E-state index contributed by atoms with van der Waals surface area (Å²) in [6.07, 6.45) is -2.45. The minimum atomic E-state index is -1.54. The highest BCUT2D eigenvalue weighted by Gasteiger charge is 2.87. The van der Waals surface area contributed by atoms with Crippen LogP contribution in [0.15, 0.2) is 24.3 Å². The van der Waals surface area contributed by atoms with E-state index in [9.17, 15) is 28.8 Å². The van der Waals surface area contributed by atoms with Gasteiger partial charge < -0.3 is 33.2 Å². The molecule has 0 N–H and O–H groups in total. The van der Waals surface area contributed by atoms with Crippen LogP contribution in [-0.2, 0) is 61.9 Å². The van der Waals surface area contributed by atoms with Crippen LogP contribution >= 0.6 is 0 Å². The molecule has 0 bridgehead atoms. The third-order valence-electron chi connectivity index (χ3n) is 10.3. The summed E-state index contributed by atoms with van der Waals surface area (Å²) < 4.78 is 42.4. The largest absolute Gasteiger partial charge is 0.462 e. The third-order valence-corrected chi connectivity index (χ3v) is 10.3. The van der Waals surface area contributed by atoms with Gasteiger partial charge in [-0.15, -0.1) is 6.58 Å². The van der Waals surface area contributed by atoms with Gasteiger partial charge in [0.05, 0.1) is 5.41 Å². The molecule has 0 radical (unpaired) electrons. The number of hydrogen-bond acceptors (Lipinski definition) is 13. The van der Waals surface area contributed by atoms with Gasteiger partial charge in [-0.05, 0) is 32.8 Å². The van der Waals surface area contributed by atoms with Crippen LogP contribution in [0.5, 0.6) is 0 Å². The molecule has 2 heterocycles. The lowest BCUT2D eigenvalue weighted by Crippen LogP contribution is -2.68. The number of esters is 6. The fourth-order valence-corrected chi connectivity index (χ4v) is 8.13. The number of rotatable bonds is 10. The summed E-state index contributed by atoms with van der Waals surface area (Å²) in [5, 5.41) is 0. The second-order valence-corrected chi connectivity index (χ2v) is 13.8. The van der Waals surface area contributed by atoms with Crippen molar-refractivity contribution in [3.8, 4) is 0 Å². The molecule has 1 saturated carbocycles. The van der Waals surface area contributed by atoms with Gasteiger partial charge in [0.25, 0.3) is 0 Å². The zero-order valence-corrected chi connectivity index (χ0v) is 29.0. The van der Waals surface area contributed by atoms with Crippen LogP contribution in [0.1, 0.15) is 93.9 Å². The predicted molar refractivity (Wildman–Crippen MR) is 167 cm³/mol. The summed E-state index contributed by atoms with van der Waals surface area (Å²) in [6.45, 7) is 15.9. The Kier molecular flexibility index (Phi) is 10.8. The van der Waals surface area contributed by atoms with E-state index in [0.717, 1.165) is 0 Å². The highest BCUT2D eigenvalue weighted by atomic mass is 16.7. The number of carbonyl (C=O) groups is 6. The van der Waals surface area contributed by atoms with E-state index in [4.69, 9.17) is 33.2 Å². The fraction of sp³-hybridized carbons (Fsp3) is 0.714. The van der Waals surface area contributed by atoms with Crippen LogP contribution < -0.4 is 0 Å². The van der Waals surface area contributed by atoms with E-state index < -0.39 is 101 Å². The SMILES string of the molecule is C=CCCC(=O)O[C@H]1C[C@H](OC(C)=O)[C@@]2(C)[C@H]([C@H]1C)[C@H](OC(C)=O)[C@]13O[C@@]1(C)C(=O)O[C@H]3/C=C(/C)C[C@H](OC(=O)CCC)[C@@H]2OC(C)=O. The average Bonchev–Trinajstić information content (AvgIpc) is 3.57. The number of allylic oxidation sites excluding steroid dienone is 1. The Morgan fingerprint density at radius 1 is 0.917 bits per heavy atom. The van der Waals surface area contributed by atoms with E-state index in [1.54, 1.807) is 39.8 Å². The van der Waals surface area contributed by atoms with E-state index in [2.05, 4.69) is 6.58 Å². The van der Waals surface area contributed by atoms with Crippen LogP contribution in [-0.4, -0.2) is 83.6 Å². The van der Waals surface area contributed by atoms with Gasteiger partial charge in [0.1, 0.15) is 30.5 Å². The van der Waals surface area contributed by atoms with Crippen LogP contribution in [0.3, 0.4) is 0 Å². The predicted octanol–water partition coefficient (Wildman–Crippen LogP) is 3.84. The lowest BCUT2D eigenvalue weighted by Gasteiger charge is -2.57. The maximum atomic E-state index is 13.4.